The van der Waals surface area contributed by atoms with Crippen molar-refractivity contribution in [3.05, 3.63) is 0 Å². The Balaban J connectivity index is -0.00000264. The molecule has 0 aliphatic rings. The second-order valence-corrected chi connectivity index (χ2v) is 6.97. The number of aliphatic hydroxyl groups excluding tert-OH is 1. The molecular formula is C19H37MoNO3SZn. The molecule has 0 fully saturated rings. The van der Waals surface area contributed by atoms with Crippen LogP contribution in [-0.2, 0) is 50.2 Å². The molecule has 0 aromatic rings. The molecule has 0 radical (unpaired) electrons. The third-order valence-electron chi connectivity index (χ3n) is 4.24. The van der Waals surface area contributed by atoms with Crippen molar-refractivity contribution in [3.8, 4) is 0 Å². The minimum atomic E-state index is -0.514. The van der Waals surface area contributed by atoms with Crippen LogP contribution in [0, 0.1) is 0 Å². The number of hydrogen-bond acceptors (Lipinski definition) is 3. The number of aliphatic hydroxyl groups is 1. The van der Waals surface area contributed by atoms with E-state index >= 15 is 0 Å². The largest absolute Gasteiger partial charge is 0.485 e. The Bertz CT molecular complexity index is 323. The van der Waals surface area contributed by atoms with Crippen LogP contribution in [0.4, 0.5) is 0 Å². The standard InChI is InChI=1S/C19H37NO3S.Mo.Zn/c1-2-3-4-5-6-7-8-9-10-11-12-13-14-15-16-17-18(21)23-20-19(22)24;;/h2-17H2,1H3,(H2,20,22,24);;. The van der Waals surface area contributed by atoms with E-state index in [9.17, 15) is 4.79 Å². The van der Waals surface area contributed by atoms with Crippen molar-refractivity contribution >= 4 is 23.4 Å². The summed E-state index contributed by atoms with van der Waals surface area (Å²) < 4.78 is 0. The monoisotopic (exact) mass is 521 g/mol. The van der Waals surface area contributed by atoms with Gasteiger partial charge in [0.15, 0.2) is 0 Å². The van der Waals surface area contributed by atoms with Crippen LogP contribution < -0.4 is 5.48 Å². The molecule has 0 bridgehead atoms. The molecule has 150 valence electrons. The van der Waals surface area contributed by atoms with Crippen molar-refractivity contribution in [2.75, 3.05) is 0 Å². The van der Waals surface area contributed by atoms with E-state index in [2.05, 4.69) is 24.0 Å². The molecule has 0 saturated carbocycles. The van der Waals surface area contributed by atoms with Crippen LogP contribution in [-0.4, -0.2) is 16.3 Å². The van der Waals surface area contributed by atoms with Gasteiger partial charge in [-0.2, -0.15) is 5.48 Å². The normalized spacial score (nSPS) is 9.73. The van der Waals surface area contributed by atoms with E-state index < -0.39 is 5.17 Å². The fourth-order valence-corrected chi connectivity index (χ4v) is 2.83. The molecule has 0 aromatic heterocycles. The van der Waals surface area contributed by atoms with Gasteiger partial charge in [0, 0.05) is 47.0 Å². The first-order chi connectivity index (χ1) is 11.7. The first-order valence-corrected chi connectivity index (χ1v) is 10.3. The van der Waals surface area contributed by atoms with Crippen LogP contribution >= 0.6 is 12.2 Å². The fraction of sp³-hybridized carbons (Fsp3) is 0.895. The van der Waals surface area contributed by atoms with Gasteiger partial charge < -0.3 is 9.94 Å². The quantitative estimate of drug-likeness (QED) is 0.111. The molecule has 0 spiro atoms. The summed E-state index contributed by atoms with van der Waals surface area (Å²) in [4.78, 5) is 15.8. The van der Waals surface area contributed by atoms with Gasteiger partial charge in [0.05, 0.1) is 0 Å². The minimum absolute atomic E-state index is 0. The Labute approximate surface area is 193 Å². The first-order valence-electron chi connectivity index (χ1n) is 9.85. The zero-order valence-corrected chi connectivity index (χ0v) is 22.4. The van der Waals surface area contributed by atoms with Gasteiger partial charge in [0.2, 0.25) is 0 Å². The molecule has 2 N–H and O–H groups in total. The predicted octanol–water partition coefficient (Wildman–Crippen LogP) is 6.13. The molecule has 0 unspecified atom stereocenters. The van der Waals surface area contributed by atoms with Gasteiger partial charge in [-0.15, -0.1) is 0 Å². The third-order valence-corrected chi connectivity index (χ3v) is 4.32. The van der Waals surface area contributed by atoms with E-state index in [1.54, 1.807) is 0 Å². The average molecular weight is 521 g/mol. The first kappa shape index (κ1) is 31.2. The molecule has 0 aromatic carbocycles. The summed E-state index contributed by atoms with van der Waals surface area (Å²) in [5.74, 6) is -0.374. The van der Waals surface area contributed by atoms with Crippen LogP contribution in [0.2, 0.25) is 0 Å². The summed E-state index contributed by atoms with van der Waals surface area (Å²) in [5.41, 5.74) is 1.98. The number of hydroxylamine groups is 1. The minimum Gasteiger partial charge on any atom is -0.485 e. The summed E-state index contributed by atoms with van der Waals surface area (Å²) >= 11 is 4.33. The Morgan fingerprint density at radius 1 is 0.808 bits per heavy atom. The third kappa shape index (κ3) is 26.7. The van der Waals surface area contributed by atoms with E-state index in [0.717, 1.165) is 12.8 Å². The van der Waals surface area contributed by atoms with Crippen molar-refractivity contribution < 1.29 is 55.3 Å². The molecule has 0 saturated heterocycles. The topological polar surface area (TPSA) is 58.6 Å². The number of carbonyl (C=O) groups excluding carboxylic acids is 1. The molecular weight excluding hydrogens is 484 g/mol. The fourth-order valence-electron chi connectivity index (χ4n) is 2.79. The van der Waals surface area contributed by atoms with E-state index in [1.165, 1.54) is 83.5 Å². The van der Waals surface area contributed by atoms with Gasteiger partial charge in [-0.25, -0.2) is 4.79 Å². The Morgan fingerprint density at radius 3 is 1.50 bits per heavy atom. The van der Waals surface area contributed by atoms with E-state index in [-0.39, 0.29) is 46.5 Å². The molecule has 0 aliphatic carbocycles. The number of unbranched alkanes of at least 4 members (excludes halogenated alkanes) is 14. The molecule has 4 nitrogen and oxygen atoms in total. The van der Waals surface area contributed by atoms with Crippen molar-refractivity contribution in [2.24, 2.45) is 0 Å². The number of thiocarbonyl (C=S) groups is 1. The van der Waals surface area contributed by atoms with E-state index in [0.29, 0.717) is 6.42 Å². The summed E-state index contributed by atoms with van der Waals surface area (Å²) in [5, 5.41) is 8.13. The molecule has 0 amide bonds. The Kier molecular flexibility index (Phi) is 30.5. The SMILES string of the molecule is CCCCCCCCCCCCCCCCCC(=O)ONC(O)=S.[Mo].[Zn]. The van der Waals surface area contributed by atoms with Gasteiger partial charge >= 0.3 is 5.97 Å². The smallest absolute Gasteiger partial charge is 0.332 e. The second-order valence-electron chi connectivity index (χ2n) is 6.58. The molecule has 0 heterocycles. The molecule has 0 atom stereocenters. The van der Waals surface area contributed by atoms with Gasteiger partial charge in [-0.05, 0) is 18.6 Å². The van der Waals surface area contributed by atoms with Crippen LogP contribution in [0.5, 0.6) is 0 Å². The maximum absolute atomic E-state index is 11.2. The zero-order valence-electron chi connectivity index (χ0n) is 16.6. The van der Waals surface area contributed by atoms with Gasteiger partial charge in [-0.1, -0.05) is 96.8 Å². The summed E-state index contributed by atoms with van der Waals surface area (Å²) in [6.07, 6.45) is 19.9. The number of carbonyl (C=O) groups is 1. The molecule has 0 rings (SSSR count). The number of rotatable bonds is 16. The van der Waals surface area contributed by atoms with Crippen molar-refractivity contribution in [1.82, 2.24) is 5.48 Å². The number of nitrogens with one attached hydrogen (secondary N) is 1. The Morgan fingerprint density at radius 2 is 1.15 bits per heavy atom. The Hall–Kier alpha value is 0.472. The summed E-state index contributed by atoms with van der Waals surface area (Å²) in [6.45, 7) is 2.26. The van der Waals surface area contributed by atoms with Crippen molar-refractivity contribution in [2.45, 2.75) is 110 Å². The van der Waals surface area contributed by atoms with Gasteiger partial charge in [0.25, 0.3) is 5.17 Å². The van der Waals surface area contributed by atoms with Crippen molar-refractivity contribution in [1.29, 1.82) is 0 Å². The van der Waals surface area contributed by atoms with Crippen LogP contribution in [0.15, 0.2) is 0 Å². The second kappa shape index (κ2) is 25.5. The summed E-state index contributed by atoms with van der Waals surface area (Å²) in [7, 11) is 0. The van der Waals surface area contributed by atoms with Gasteiger partial charge in [-0.3, -0.25) is 0 Å². The molecule has 7 heteroatoms. The zero-order chi connectivity index (χ0) is 17.9. The van der Waals surface area contributed by atoms with Crippen LogP contribution in [0.25, 0.3) is 0 Å². The summed E-state index contributed by atoms with van der Waals surface area (Å²) in [6, 6.07) is 0. The predicted molar refractivity (Wildman–Crippen MR) is 104 cm³/mol. The maximum atomic E-state index is 11.2. The molecule has 0 aliphatic heterocycles. The van der Waals surface area contributed by atoms with Crippen LogP contribution in [0.3, 0.4) is 0 Å². The molecule has 26 heavy (non-hydrogen) atoms. The van der Waals surface area contributed by atoms with E-state index in [1.807, 2.05) is 5.48 Å². The van der Waals surface area contributed by atoms with Crippen molar-refractivity contribution in [3.63, 3.8) is 0 Å². The average Bonchev–Trinajstić information content (AvgIpc) is 2.56. The van der Waals surface area contributed by atoms with Gasteiger partial charge in [0.1, 0.15) is 0 Å². The van der Waals surface area contributed by atoms with E-state index in [4.69, 9.17) is 5.11 Å². The van der Waals surface area contributed by atoms with Crippen LogP contribution in [0.1, 0.15) is 110 Å². The maximum Gasteiger partial charge on any atom is 0.332 e. The number of hydrogen-bond donors (Lipinski definition) is 2.